The predicted molar refractivity (Wildman–Crippen MR) is 88.0 cm³/mol. The molecular weight excluding hydrogens is 341 g/mol. The largest absolute Gasteiger partial charge is 0.408 e. The monoisotopic (exact) mass is 366 g/mol. The van der Waals surface area contributed by atoms with E-state index in [1.807, 2.05) is 6.26 Å². The molecule has 138 valence electrons. The molecule has 1 aromatic heterocycles. The molecule has 1 saturated heterocycles. The van der Waals surface area contributed by atoms with Gasteiger partial charge in [0.25, 0.3) is 0 Å². The van der Waals surface area contributed by atoms with Crippen LogP contribution in [0, 0.1) is 5.92 Å². The van der Waals surface area contributed by atoms with Gasteiger partial charge in [-0.2, -0.15) is 30.0 Å². The molecule has 1 fully saturated rings. The highest BCUT2D eigenvalue weighted by Gasteiger charge is 2.32. The summed E-state index contributed by atoms with van der Waals surface area (Å²) in [5.41, 5.74) is 0. The van der Waals surface area contributed by atoms with Crippen molar-refractivity contribution < 1.29 is 18.3 Å². The molecule has 2 rings (SSSR count). The van der Waals surface area contributed by atoms with Gasteiger partial charge < -0.3 is 10.0 Å². The van der Waals surface area contributed by atoms with E-state index >= 15 is 0 Å². The van der Waals surface area contributed by atoms with E-state index in [0.29, 0.717) is 30.3 Å². The van der Waals surface area contributed by atoms with Crippen molar-refractivity contribution in [2.45, 2.75) is 44.5 Å². The van der Waals surface area contributed by atoms with Gasteiger partial charge in [0.2, 0.25) is 0 Å². The van der Waals surface area contributed by atoms with Gasteiger partial charge in [0.1, 0.15) is 12.6 Å². The van der Waals surface area contributed by atoms with Gasteiger partial charge in [0.05, 0.1) is 0 Å². The summed E-state index contributed by atoms with van der Waals surface area (Å²) in [5, 5.41) is 14.2. The highest BCUT2D eigenvalue weighted by Crippen LogP contribution is 2.25. The first kappa shape index (κ1) is 19.5. The normalized spacial score (nSPS) is 18.9. The van der Waals surface area contributed by atoms with Gasteiger partial charge in [0.15, 0.2) is 11.6 Å². The van der Waals surface area contributed by atoms with Crippen molar-refractivity contribution in [3.63, 3.8) is 0 Å². The fraction of sp³-hybridized carbons (Fsp3) is 0.867. The first-order chi connectivity index (χ1) is 11.3. The van der Waals surface area contributed by atoms with Crippen molar-refractivity contribution in [3.8, 4) is 0 Å². The number of thioether (sulfide) groups is 1. The number of piperidine rings is 1. The van der Waals surface area contributed by atoms with E-state index in [9.17, 15) is 18.3 Å². The zero-order chi connectivity index (χ0) is 17.7. The Labute approximate surface area is 144 Å². The van der Waals surface area contributed by atoms with E-state index < -0.39 is 18.8 Å². The van der Waals surface area contributed by atoms with E-state index in [1.54, 1.807) is 0 Å². The van der Waals surface area contributed by atoms with Gasteiger partial charge in [-0.15, -0.1) is 0 Å². The van der Waals surface area contributed by atoms with Gasteiger partial charge in [-0.3, -0.25) is 0 Å². The Bertz CT molecular complexity index is 515. The second-order valence-corrected chi connectivity index (χ2v) is 7.39. The fourth-order valence-corrected chi connectivity index (χ4v) is 3.36. The summed E-state index contributed by atoms with van der Waals surface area (Å²) in [7, 11) is 2.06. The molecular formula is C15H25F3N4OS. The molecule has 0 amide bonds. The summed E-state index contributed by atoms with van der Waals surface area (Å²) < 4.78 is 39.1. The molecule has 0 aliphatic carbocycles. The van der Waals surface area contributed by atoms with Crippen molar-refractivity contribution in [2.75, 3.05) is 32.1 Å². The number of halogens is 3. The summed E-state index contributed by atoms with van der Waals surface area (Å²) in [6, 6.07) is 0. The predicted octanol–water partition coefficient (Wildman–Crippen LogP) is 2.51. The van der Waals surface area contributed by atoms with Crippen LogP contribution in [0.4, 0.5) is 13.2 Å². The number of aromatic nitrogens is 3. The summed E-state index contributed by atoms with van der Waals surface area (Å²) in [6.07, 6.45) is -0.584. The van der Waals surface area contributed by atoms with Gasteiger partial charge in [-0.25, -0.2) is 9.67 Å². The molecule has 5 nitrogen and oxygen atoms in total. The zero-order valence-electron chi connectivity index (χ0n) is 14.1. The van der Waals surface area contributed by atoms with Crippen LogP contribution >= 0.6 is 11.8 Å². The second kappa shape index (κ2) is 8.53. The third-order valence-corrected chi connectivity index (χ3v) is 4.92. The number of rotatable bonds is 7. The van der Waals surface area contributed by atoms with Crippen molar-refractivity contribution in [1.82, 2.24) is 19.7 Å². The van der Waals surface area contributed by atoms with Crippen molar-refractivity contribution >= 4 is 11.8 Å². The molecule has 0 spiro atoms. The number of aliphatic hydroxyl groups is 1. The zero-order valence-corrected chi connectivity index (χ0v) is 14.9. The molecule has 1 aliphatic rings. The Balaban J connectivity index is 2.10. The fourth-order valence-electron chi connectivity index (χ4n) is 2.91. The molecule has 0 unspecified atom stereocenters. The maximum Gasteiger partial charge on any atom is 0.408 e. The van der Waals surface area contributed by atoms with E-state index in [-0.39, 0.29) is 5.82 Å². The average Bonchev–Trinajstić information content (AvgIpc) is 2.87. The summed E-state index contributed by atoms with van der Waals surface area (Å²) in [6.45, 7) is 0.757. The molecule has 1 N–H and O–H groups in total. The summed E-state index contributed by atoms with van der Waals surface area (Å²) in [5.74, 6) is 1.49. The molecule has 0 saturated carbocycles. The molecule has 0 bridgehead atoms. The minimum Gasteiger partial charge on any atom is -0.385 e. The molecule has 24 heavy (non-hydrogen) atoms. The Kier molecular flexibility index (Phi) is 6.94. The van der Waals surface area contributed by atoms with Crippen molar-refractivity contribution in [2.24, 2.45) is 5.92 Å². The first-order valence-electron chi connectivity index (χ1n) is 8.14. The Hall–Kier alpha value is -0.800. The van der Waals surface area contributed by atoms with Crippen molar-refractivity contribution in [1.29, 1.82) is 0 Å². The average molecular weight is 366 g/mol. The third-order valence-electron chi connectivity index (χ3n) is 4.28. The lowest BCUT2D eigenvalue weighted by molar-refractivity contribution is -0.143. The lowest BCUT2D eigenvalue weighted by atomic mass is 9.94. The molecule has 1 atom stereocenters. The topological polar surface area (TPSA) is 54.2 Å². The lowest BCUT2D eigenvalue weighted by Crippen LogP contribution is -2.31. The second-order valence-electron chi connectivity index (χ2n) is 6.41. The first-order valence-corrected chi connectivity index (χ1v) is 9.54. The van der Waals surface area contributed by atoms with Crippen LogP contribution in [0.25, 0.3) is 0 Å². The molecule has 0 aromatic carbocycles. The number of hydrogen-bond donors (Lipinski definition) is 1. The highest BCUT2D eigenvalue weighted by molar-refractivity contribution is 7.98. The number of likely N-dealkylation sites (tertiary alicyclic amines) is 1. The van der Waals surface area contributed by atoms with Crippen LogP contribution in [0.5, 0.6) is 0 Å². The van der Waals surface area contributed by atoms with Crippen LogP contribution in [0.1, 0.15) is 37.0 Å². The summed E-state index contributed by atoms with van der Waals surface area (Å²) >= 11 is 1.53. The Morgan fingerprint density at radius 3 is 2.58 bits per heavy atom. The van der Waals surface area contributed by atoms with Crippen LogP contribution in [-0.4, -0.2) is 63.1 Å². The lowest BCUT2D eigenvalue weighted by Gasteiger charge is -2.28. The molecule has 1 aromatic rings. The number of hydrogen-bond acceptors (Lipinski definition) is 5. The van der Waals surface area contributed by atoms with Crippen LogP contribution in [0.15, 0.2) is 0 Å². The maximum atomic E-state index is 12.8. The van der Waals surface area contributed by atoms with Gasteiger partial charge in [-0.05, 0) is 57.3 Å². The SMILES string of the molecule is CSCC[C@@H](O)c1nc(CC2CCN(C)CC2)nn1CC(F)(F)F. The quantitative estimate of drug-likeness (QED) is 0.804. The Morgan fingerprint density at radius 1 is 1.33 bits per heavy atom. The molecule has 2 heterocycles. The van der Waals surface area contributed by atoms with E-state index in [2.05, 4.69) is 22.0 Å². The number of nitrogens with zero attached hydrogens (tertiary/aromatic N) is 4. The Morgan fingerprint density at radius 2 is 2.00 bits per heavy atom. The molecule has 0 radical (unpaired) electrons. The van der Waals surface area contributed by atoms with Crippen molar-refractivity contribution in [3.05, 3.63) is 11.6 Å². The maximum absolute atomic E-state index is 12.8. The number of alkyl halides is 3. The van der Waals surface area contributed by atoms with Crippen LogP contribution in [0.3, 0.4) is 0 Å². The van der Waals surface area contributed by atoms with Gasteiger partial charge in [0, 0.05) is 6.42 Å². The summed E-state index contributed by atoms with van der Waals surface area (Å²) in [4.78, 5) is 6.48. The van der Waals surface area contributed by atoms with E-state index in [1.165, 1.54) is 11.8 Å². The van der Waals surface area contributed by atoms with Crippen LogP contribution in [-0.2, 0) is 13.0 Å². The van der Waals surface area contributed by atoms with Gasteiger partial charge >= 0.3 is 6.18 Å². The number of aliphatic hydroxyl groups excluding tert-OH is 1. The highest BCUT2D eigenvalue weighted by atomic mass is 32.2. The standard InChI is InChI=1S/C15H25F3N4OS/c1-21-6-3-11(4-7-21)9-13-19-14(12(23)5-8-24-2)22(20-13)10-15(16,17)18/h11-12,23H,3-10H2,1-2H3/t12-/m1/s1. The van der Waals surface area contributed by atoms with Gasteiger partial charge in [-0.1, -0.05) is 0 Å². The smallest absolute Gasteiger partial charge is 0.385 e. The third kappa shape index (κ3) is 5.93. The van der Waals surface area contributed by atoms with Crippen LogP contribution < -0.4 is 0 Å². The van der Waals surface area contributed by atoms with E-state index in [0.717, 1.165) is 30.6 Å². The molecule has 1 aliphatic heterocycles. The van der Waals surface area contributed by atoms with Crippen LogP contribution in [0.2, 0.25) is 0 Å². The minimum atomic E-state index is -4.38. The minimum absolute atomic E-state index is 0.0318. The van der Waals surface area contributed by atoms with E-state index in [4.69, 9.17) is 0 Å². The molecule has 9 heteroatoms.